The smallest absolute Gasteiger partial charge is 0.261 e. The van der Waals surface area contributed by atoms with Gasteiger partial charge < -0.3 is 15.0 Å². The van der Waals surface area contributed by atoms with Crippen LogP contribution in [0.4, 0.5) is 0 Å². The van der Waals surface area contributed by atoms with Gasteiger partial charge in [-0.1, -0.05) is 54.1 Å². The average Bonchev–Trinajstić information content (AvgIpc) is 3.30. The fourth-order valence-corrected chi connectivity index (χ4v) is 4.88. The quantitative estimate of drug-likeness (QED) is 0.128. The van der Waals surface area contributed by atoms with E-state index in [0.717, 1.165) is 43.4 Å². The molecular weight excluding hydrogens is 526 g/mol. The Hall–Kier alpha value is -4.08. The zero-order chi connectivity index (χ0) is 26.2. The highest BCUT2D eigenvalue weighted by molar-refractivity contribution is 9.10. The van der Waals surface area contributed by atoms with Crippen molar-refractivity contribution < 1.29 is 9.53 Å². The number of allylic oxidation sites excluding steroid dienone is 1. The van der Waals surface area contributed by atoms with Crippen molar-refractivity contribution in [2.75, 3.05) is 6.54 Å². The molecule has 0 fully saturated rings. The number of carbonyl (C=O) groups excluding carboxylic acids is 1. The minimum absolute atomic E-state index is 0.0452. The van der Waals surface area contributed by atoms with Crippen LogP contribution in [0.25, 0.3) is 17.0 Å². The lowest BCUT2D eigenvalue weighted by Gasteiger charge is -2.14. The third-order valence-electron chi connectivity index (χ3n) is 6.00. The lowest BCUT2D eigenvalue weighted by molar-refractivity contribution is -0.117. The molecule has 37 heavy (non-hydrogen) atoms. The molecule has 0 saturated heterocycles. The van der Waals surface area contributed by atoms with E-state index in [1.165, 1.54) is 5.56 Å². The molecule has 0 bridgehead atoms. The summed E-state index contributed by atoms with van der Waals surface area (Å²) < 4.78 is 6.90. The van der Waals surface area contributed by atoms with Crippen molar-refractivity contribution in [2.45, 2.75) is 26.4 Å². The van der Waals surface area contributed by atoms with Gasteiger partial charge in [0.05, 0.1) is 4.47 Å². The Kier molecular flexibility index (Phi) is 8.60. The molecule has 2 N–H and O–H groups in total. The van der Waals surface area contributed by atoms with E-state index in [0.29, 0.717) is 26.0 Å². The van der Waals surface area contributed by atoms with Gasteiger partial charge in [0.15, 0.2) is 0 Å². The van der Waals surface area contributed by atoms with Gasteiger partial charge in [-0.3, -0.25) is 4.79 Å². The maximum Gasteiger partial charge on any atom is 0.261 e. The molecule has 0 saturated carbocycles. The SMILES string of the molecule is C=CCc1cc(/C=C(/C#N)C(=O)NCCc2c[nH]c3ccccc23)cc(Br)c1OCc1cccc(C)c1. The maximum atomic E-state index is 12.8. The number of aromatic amines is 1. The van der Waals surface area contributed by atoms with Crippen molar-refractivity contribution in [3.63, 3.8) is 0 Å². The van der Waals surface area contributed by atoms with Crippen molar-refractivity contribution in [1.29, 1.82) is 5.26 Å². The second kappa shape index (κ2) is 12.2. The lowest BCUT2D eigenvalue weighted by Crippen LogP contribution is -2.26. The molecule has 0 radical (unpaired) electrons. The summed E-state index contributed by atoms with van der Waals surface area (Å²) in [5, 5.41) is 13.7. The van der Waals surface area contributed by atoms with Crippen molar-refractivity contribution in [2.24, 2.45) is 0 Å². The Morgan fingerprint density at radius 3 is 2.78 bits per heavy atom. The van der Waals surface area contributed by atoms with Crippen LogP contribution in [-0.2, 0) is 24.2 Å². The number of carbonyl (C=O) groups is 1. The summed E-state index contributed by atoms with van der Waals surface area (Å²) in [5.41, 5.74) is 6.14. The van der Waals surface area contributed by atoms with Gasteiger partial charge in [-0.25, -0.2) is 0 Å². The van der Waals surface area contributed by atoms with Gasteiger partial charge in [-0.05, 0) is 82.2 Å². The van der Waals surface area contributed by atoms with E-state index in [1.54, 1.807) is 12.2 Å². The first-order valence-corrected chi connectivity index (χ1v) is 12.8. The number of hydrogen-bond acceptors (Lipinski definition) is 3. The Balaban J connectivity index is 1.46. The number of rotatable bonds is 10. The summed E-state index contributed by atoms with van der Waals surface area (Å²) in [6.45, 7) is 6.77. The number of ether oxygens (including phenoxy) is 1. The van der Waals surface area contributed by atoms with Crippen molar-refractivity contribution in [1.82, 2.24) is 10.3 Å². The summed E-state index contributed by atoms with van der Waals surface area (Å²) in [5.74, 6) is 0.323. The number of amides is 1. The van der Waals surface area contributed by atoms with Gasteiger partial charge in [0.2, 0.25) is 0 Å². The van der Waals surface area contributed by atoms with E-state index < -0.39 is 5.91 Å². The molecule has 0 spiro atoms. The molecule has 5 nitrogen and oxygen atoms in total. The molecule has 6 heteroatoms. The highest BCUT2D eigenvalue weighted by atomic mass is 79.9. The van der Waals surface area contributed by atoms with Crippen LogP contribution in [-0.4, -0.2) is 17.4 Å². The first kappa shape index (κ1) is 26.0. The Bertz CT molecular complexity index is 1510. The standard InChI is InChI=1S/C31H28BrN3O2/c1-3-7-24-15-23(17-28(32)30(24)37-20-22-9-6-8-21(2)14-22)16-26(18-33)31(36)34-13-12-25-19-35-29-11-5-4-10-27(25)29/h3-6,8-11,14-17,19,35H,1,7,12-13,20H2,2H3,(H,34,36)/b26-16-. The number of H-pyrrole nitrogens is 1. The largest absolute Gasteiger partial charge is 0.487 e. The summed E-state index contributed by atoms with van der Waals surface area (Å²) in [6, 6.07) is 22.0. The molecular formula is C31H28BrN3O2. The second-order valence-electron chi connectivity index (χ2n) is 8.80. The number of benzene rings is 3. The summed E-state index contributed by atoms with van der Waals surface area (Å²) in [7, 11) is 0. The highest BCUT2D eigenvalue weighted by Gasteiger charge is 2.14. The molecule has 0 unspecified atom stereocenters. The van der Waals surface area contributed by atoms with E-state index in [2.05, 4.69) is 57.9 Å². The Labute approximate surface area is 225 Å². The van der Waals surface area contributed by atoms with Gasteiger partial charge in [-0.15, -0.1) is 6.58 Å². The van der Waals surface area contributed by atoms with Gasteiger partial charge in [0.1, 0.15) is 24.0 Å². The fraction of sp³-hybridized carbons (Fsp3) is 0.161. The number of fused-ring (bicyclic) bond motifs is 1. The van der Waals surface area contributed by atoms with Crippen LogP contribution in [0.15, 0.2) is 89.6 Å². The number of halogens is 1. The minimum atomic E-state index is -0.400. The molecule has 3 aromatic carbocycles. The van der Waals surface area contributed by atoms with E-state index in [4.69, 9.17) is 4.74 Å². The first-order valence-electron chi connectivity index (χ1n) is 12.0. The van der Waals surface area contributed by atoms with Crippen LogP contribution < -0.4 is 10.1 Å². The zero-order valence-electron chi connectivity index (χ0n) is 20.7. The molecule has 4 rings (SSSR count). The van der Waals surface area contributed by atoms with Crippen molar-refractivity contribution >= 4 is 38.8 Å². The van der Waals surface area contributed by atoms with E-state index in [-0.39, 0.29) is 5.57 Å². The van der Waals surface area contributed by atoms with E-state index in [1.807, 2.05) is 54.7 Å². The normalized spacial score (nSPS) is 11.2. The molecule has 1 amide bonds. The second-order valence-corrected chi connectivity index (χ2v) is 9.65. The van der Waals surface area contributed by atoms with Gasteiger partial charge >= 0.3 is 0 Å². The van der Waals surface area contributed by atoms with Crippen molar-refractivity contribution in [3.05, 3.63) is 117 Å². The molecule has 1 aromatic heterocycles. The first-order chi connectivity index (χ1) is 18.0. The van der Waals surface area contributed by atoms with Gasteiger partial charge in [0.25, 0.3) is 5.91 Å². The van der Waals surface area contributed by atoms with Crippen LogP contribution in [0, 0.1) is 18.3 Å². The third-order valence-corrected chi connectivity index (χ3v) is 6.59. The van der Waals surface area contributed by atoms with Crippen LogP contribution in [0.1, 0.15) is 27.8 Å². The topological polar surface area (TPSA) is 77.9 Å². The lowest BCUT2D eigenvalue weighted by atomic mass is 10.0. The molecule has 0 aliphatic heterocycles. The number of nitrogens with one attached hydrogen (secondary N) is 2. The summed E-state index contributed by atoms with van der Waals surface area (Å²) in [4.78, 5) is 16.0. The maximum absolute atomic E-state index is 12.8. The number of aromatic nitrogens is 1. The molecule has 4 aromatic rings. The van der Waals surface area contributed by atoms with Gasteiger partial charge in [-0.2, -0.15) is 5.26 Å². The van der Waals surface area contributed by atoms with Crippen LogP contribution in [0.2, 0.25) is 0 Å². The molecule has 1 heterocycles. The number of para-hydroxylation sites is 1. The average molecular weight is 554 g/mol. The zero-order valence-corrected chi connectivity index (χ0v) is 22.3. The van der Waals surface area contributed by atoms with Crippen LogP contribution in [0.3, 0.4) is 0 Å². The number of hydrogen-bond donors (Lipinski definition) is 2. The number of nitrogens with zero attached hydrogens (tertiary/aromatic N) is 1. The fourth-order valence-electron chi connectivity index (χ4n) is 4.24. The molecule has 0 atom stereocenters. The van der Waals surface area contributed by atoms with E-state index >= 15 is 0 Å². The minimum Gasteiger partial charge on any atom is -0.487 e. The Morgan fingerprint density at radius 1 is 1.16 bits per heavy atom. The predicted octanol–water partition coefficient (Wildman–Crippen LogP) is 6.81. The number of aryl methyl sites for hydroxylation is 1. The highest BCUT2D eigenvalue weighted by Crippen LogP contribution is 2.33. The van der Waals surface area contributed by atoms with Crippen LogP contribution >= 0.6 is 15.9 Å². The number of nitriles is 1. The van der Waals surface area contributed by atoms with Gasteiger partial charge in [0, 0.05) is 23.6 Å². The molecule has 186 valence electrons. The summed E-state index contributed by atoms with van der Waals surface area (Å²) >= 11 is 3.61. The molecule has 0 aliphatic carbocycles. The van der Waals surface area contributed by atoms with E-state index in [9.17, 15) is 10.1 Å². The molecule has 0 aliphatic rings. The third kappa shape index (κ3) is 6.58. The Morgan fingerprint density at radius 2 is 2.00 bits per heavy atom. The predicted molar refractivity (Wildman–Crippen MR) is 152 cm³/mol. The van der Waals surface area contributed by atoms with Crippen molar-refractivity contribution in [3.8, 4) is 11.8 Å². The van der Waals surface area contributed by atoms with Crippen LogP contribution in [0.5, 0.6) is 5.75 Å². The summed E-state index contributed by atoms with van der Waals surface area (Å²) in [6.07, 6.45) is 6.61. The monoisotopic (exact) mass is 553 g/mol.